The molecule has 0 aliphatic rings. The van der Waals surface area contributed by atoms with E-state index < -0.39 is 0 Å². The number of fused-ring (bicyclic) bond motifs is 1. The van der Waals surface area contributed by atoms with Gasteiger partial charge in [0.25, 0.3) is 0 Å². The third-order valence-electron chi connectivity index (χ3n) is 5.00. The van der Waals surface area contributed by atoms with E-state index in [0.29, 0.717) is 35.7 Å². The molecule has 0 aliphatic carbocycles. The molecule has 0 saturated heterocycles. The lowest BCUT2D eigenvalue weighted by atomic mass is 10.1. The van der Waals surface area contributed by atoms with Crippen molar-refractivity contribution in [3.63, 3.8) is 0 Å². The Morgan fingerprint density at radius 2 is 1.00 bits per heavy atom. The van der Waals surface area contributed by atoms with Crippen LogP contribution in [-0.2, 0) is 0 Å². The maximum Gasteiger partial charge on any atom is 0.179 e. The van der Waals surface area contributed by atoms with Gasteiger partial charge in [-0.1, -0.05) is 78.1 Å². The lowest BCUT2D eigenvalue weighted by Crippen LogP contribution is -2.05. The standard InChI is InChI=1S/C22H34Br2N2O3/c1-3-5-7-9-11-13-15-27-21-17(23)19-20(26-29-25-19)18(24)22(21)28-16-14-12-10-8-6-4-2/h3-16H2,1-2H3. The molecule has 29 heavy (non-hydrogen) atoms. The van der Waals surface area contributed by atoms with Gasteiger partial charge in [0.1, 0.15) is 0 Å². The predicted octanol–water partition coefficient (Wildman–Crippen LogP) is 8.23. The molecule has 164 valence electrons. The lowest BCUT2D eigenvalue weighted by molar-refractivity contribution is 0.256. The van der Waals surface area contributed by atoms with Gasteiger partial charge < -0.3 is 9.47 Å². The predicted molar refractivity (Wildman–Crippen MR) is 125 cm³/mol. The summed E-state index contributed by atoms with van der Waals surface area (Å²) in [5, 5.41) is 8.00. The normalized spacial score (nSPS) is 11.3. The Morgan fingerprint density at radius 3 is 1.41 bits per heavy atom. The molecular formula is C22H34Br2N2O3. The van der Waals surface area contributed by atoms with Crippen LogP contribution in [-0.4, -0.2) is 23.5 Å². The van der Waals surface area contributed by atoms with Crippen molar-refractivity contribution < 1.29 is 14.1 Å². The van der Waals surface area contributed by atoms with Gasteiger partial charge in [0.2, 0.25) is 0 Å². The van der Waals surface area contributed by atoms with Crippen LogP contribution < -0.4 is 9.47 Å². The van der Waals surface area contributed by atoms with Crippen molar-refractivity contribution in [2.24, 2.45) is 0 Å². The van der Waals surface area contributed by atoms with E-state index in [1.165, 1.54) is 64.2 Å². The van der Waals surface area contributed by atoms with Crippen molar-refractivity contribution in [2.45, 2.75) is 90.9 Å². The van der Waals surface area contributed by atoms with E-state index in [1.807, 2.05) is 0 Å². The molecule has 2 aromatic rings. The first kappa shape index (κ1) is 24.4. The zero-order chi connectivity index (χ0) is 20.9. The number of hydrogen-bond donors (Lipinski definition) is 0. The number of halogens is 2. The molecule has 0 aliphatic heterocycles. The maximum absolute atomic E-state index is 6.13. The topological polar surface area (TPSA) is 57.4 Å². The molecule has 0 amide bonds. The summed E-state index contributed by atoms with van der Waals surface area (Å²) in [5.74, 6) is 1.36. The minimum absolute atomic E-state index is 0.640. The molecule has 0 N–H and O–H groups in total. The minimum Gasteiger partial charge on any atom is -0.488 e. The Hall–Kier alpha value is -0.820. The summed E-state index contributed by atoms with van der Waals surface area (Å²) in [6, 6.07) is 0. The summed E-state index contributed by atoms with van der Waals surface area (Å²) in [5.41, 5.74) is 1.28. The molecule has 0 radical (unpaired) electrons. The summed E-state index contributed by atoms with van der Waals surface area (Å²) in [6.45, 7) is 5.78. The van der Waals surface area contributed by atoms with Crippen molar-refractivity contribution in [1.29, 1.82) is 0 Å². The molecule has 5 nitrogen and oxygen atoms in total. The zero-order valence-electron chi connectivity index (χ0n) is 17.8. The number of hydrogen-bond acceptors (Lipinski definition) is 5. The Bertz CT molecular complexity index is 664. The Kier molecular flexibility index (Phi) is 12.0. The van der Waals surface area contributed by atoms with Gasteiger partial charge in [-0.2, -0.15) is 0 Å². The van der Waals surface area contributed by atoms with E-state index in [-0.39, 0.29) is 0 Å². The van der Waals surface area contributed by atoms with Gasteiger partial charge in [0, 0.05) is 0 Å². The van der Waals surface area contributed by atoms with E-state index in [1.54, 1.807) is 0 Å². The molecule has 1 heterocycles. The summed E-state index contributed by atoms with van der Waals surface area (Å²) >= 11 is 7.22. The monoisotopic (exact) mass is 532 g/mol. The molecule has 0 bridgehead atoms. The highest BCUT2D eigenvalue weighted by atomic mass is 79.9. The van der Waals surface area contributed by atoms with Crippen LogP contribution in [0, 0.1) is 0 Å². The average Bonchev–Trinajstić information content (AvgIpc) is 3.22. The van der Waals surface area contributed by atoms with E-state index in [9.17, 15) is 0 Å². The molecule has 1 aromatic carbocycles. The van der Waals surface area contributed by atoms with Crippen molar-refractivity contribution >= 4 is 42.9 Å². The fraction of sp³-hybridized carbons (Fsp3) is 0.727. The highest BCUT2D eigenvalue weighted by Gasteiger charge is 2.23. The highest BCUT2D eigenvalue weighted by molar-refractivity contribution is 9.11. The second-order valence-corrected chi connectivity index (χ2v) is 9.07. The highest BCUT2D eigenvalue weighted by Crippen LogP contribution is 2.46. The Labute approximate surface area is 191 Å². The van der Waals surface area contributed by atoms with Gasteiger partial charge in [-0.05, 0) is 55.0 Å². The largest absolute Gasteiger partial charge is 0.488 e. The molecule has 0 fully saturated rings. The molecule has 7 heteroatoms. The van der Waals surface area contributed by atoms with E-state index in [2.05, 4.69) is 56.0 Å². The molecular weight excluding hydrogens is 500 g/mol. The number of benzene rings is 1. The van der Waals surface area contributed by atoms with Crippen LogP contribution in [0.1, 0.15) is 90.9 Å². The molecule has 0 unspecified atom stereocenters. The first-order valence-corrected chi connectivity index (χ1v) is 12.7. The number of ether oxygens (including phenoxy) is 2. The second-order valence-electron chi connectivity index (χ2n) is 7.48. The van der Waals surface area contributed by atoms with Gasteiger partial charge in [-0.15, -0.1) is 0 Å². The van der Waals surface area contributed by atoms with Crippen LogP contribution in [0.5, 0.6) is 11.5 Å². The van der Waals surface area contributed by atoms with Crippen molar-refractivity contribution in [1.82, 2.24) is 10.3 Å². The molecule has 2 rings (SSSR count). The third kappa shape index (κ3) is 7.74. The van der Waals surface area contributed by atoms with Crippen LogP contribution in [0.2, 0.25) is 0 Å². The van der Waals surface area contributed by atoms with Gasteiger partial charge in [0.15, 0.2) is 22.5 Å². The Morgan fingerprint density at radius 1 is 0.621 bits per heavy atom. The molecule has 0 spiro atoms. The van der Waals surface area contributed by atoms with Crippen molar-refractivity contribution in [3.8, 4) is 11.5 Å². The minimum atomic E-state index is 0.640. The molecule has 1 aromatic heterocycles. The summed E-state index contributed by atoms with van der Waals surface area (Å²) in [7, 11) is 0. The smallest absolute Gasteiger partial charge is 0.179 e. The average molecular weight is 534 g/mol. The maximum atomic E-state index is 6.13. The fourth-order valence-corrected chi connectivity index (χ4v) is 4.37. The first-order chi connectivity index (χ1) is 14.2. The number of aromatic nitrogens is 2. The number of nitrogens with zero attached hydrogens (tertiary/aromatic N) is 2. The number of unbranched alkanes of at least 4 members (excludes halogenated alkanes) is 10. The van der Waals surface area contributed by atoms with E-state index in [4.69, 9.17) is 14.1 Å². The lowest BCUT2D eigenvalue weighted by Gasteiger charge is -2.16. The molecule has 0 saturated carbocycles. The second kappa shape index (κ2) is 14.2. The number of rotatable bonds is 16. The van der Waals surface area contributed by atoms with Crippen LogP contribution in [0.4, 0.5) is 0 Å². The van der Waals surface area contributed by atoms with Crippen LogP contribution in [0.25, 0.3) is 11.0 Å². The van der Waals surface area contributed by atoms with Crippen LogP contribution >= 0.6 is 31.9 Å². The van der Waals surface area contributed by atoms with Gasteiger partial charge in [0.05, 0.1) is 22.2 Å². The SMILES string of the molecule is CCCCCCCCOc1c(OCCCCCCCC)c(Br)c2nonc2c1Br. The quantitative estimate of drug-likeness (QED) is 0.203. The Balaban J connectivity index is 1.95. The van der Waals surface area contributed by atoms with Crippen LogP contribution in [0.3, 0.4) is 0 Å². The molecule has 0 atom stereocenters. The summed E-state index contributed by atoms with van der Waals surface area (Å²) in [6.07, 6.45) is 14.7. The summed E-state index contributed by atoms with van der Waals surface area (Å²) in [4.78, 5) is 0. The van der Waals surface area contributed by atoms with E-state index >= 15 is 0 Å². The van der Waals surface area contributed by atoms with Gasteiger partial charge in [-0.25, -0.2) is 4.63 Å². The van der Waals surface area contributed by atoms with Gasteiger partial charge in [-0.3, -0.25) is 0 Å². The first-order valence-electron chi connectivity index (χ1n) is 11.1. The third-order valence-corrected chi connectivity index (χ3v) is 6.47. The van der Waals surface area contributed by atoms with Gasteiger partial charge >= 0.3 is 0 Å². The van der Waals surface area contributed by atoms with Crippen LogP contribution in [0.15, 0.2) is 13.6 Å². The zero-order valence-corrected chi connectivity index (χ0v) is 20.9. The summed E-state index contributed by atoms with van der Waals surface area (Å²) < 4.78 is 18.7. The van der Waals surface area contributed by atoms with Crippen molar-refractivity contribution in [2.75, 3.05) is 13.2 Å². The van der Waals surface area contributed by atoms with Crippen molar-refractivity contribution in [3.05, 3.63) is 8.95 Å². The fourth-order valence-electron chi connectivity index (χ4n) is 3.26. The van der Waals surface area contributed by atoms with E-state index in [0.717, 1.165) is 21.8 Å².